The highest BCUT2D eigenvalue weighted by molar-refractivity contribution is 6.42. The number of fused-ring (bicyclic) bond motifs is 2. The molecule has 3 aromatic rings. The Hall–Kier alpha value is -2.34. The van der Waals surface area contributed by atoms with Crippen molar-refractivity contribution in [2.75, 3.05) is 13.2 Å². The lowest BCUT2D eigenvalue weighted by Gasteiger charge is -2.25. The van der Waals surface area contributed by atoms with Gasteiger partial charge in [0.15, 0.2) is 5.43 Å². The van der Waals surface area contributed by atoms with E-state index >= 15 is 0 Å². The quantitative estimate of drug-likeness (QED) is 0.439. The van der Waals surface area contributed by atoms with Crippen LogP contribution in [0, 0.1) is 6.92 Å². The Morgan fingerprint density at radius 2 is 1.87 bits per heavy atom. The van der Waals surface area contributed by atoms with Crippen LogP contribution in [0.25, 0.3) is 11.0 Å². The molecular formula is C24H23Cl2NO4. The zero-order valence-corrected chi connectivity index (χ0v) is 19.1. The summed E-state index contributed by atoms with van der Waals surface area (Å²) in [6, 6.07) is 9.94. The van der Waals surface area contributed by atoms with Crippen LogP contribution in [0.4, 0.5) is 0 Å². The number of halogens is 2. The topological polar surface area (TPSA) is 59.8 Å². The molecule has 0 spiro atoms. The van der Waals surface area contributed by atoms with Crippen molar-refractivity contribution < 1.29 is 13.9 Å². The third kappa shape index (κ3) is 4.10. The van der Waals surface area contributed by atoms with Gasteiger partial charge in [-0.2, -0.15) is 0 Å². The molecule has 0 unspecified atom stereocenters. The summed E-state index contributed by atoms with van der Waals surface area (Å²) in [5.74, 6) is -0.225. The van der Waals surface area contributed by atoms with Crippen LogP contribution in [0.15, 0.2) is 45.6 Å². The zero-order valence-electron chi connectivity index (χ0n) is 17.6. The summed E-state index contributed by atoms with van der Waals surface area (Å²) in [6.07, 6.45) is 0.733. The molecule has 31 heavy (non-hydrogen) atoms. The summed E-state index contributed by atoms with van der Waals surface area (Å²) in [4.78, 5) is 28.5. The zero-order chi connectivity index (χ0) is 22.3. The summed E-state index contributed by atoms with van der Waals surface area (Å²) in [6.45, 7) is 6.76. The average Bonchev–Trinajstić information content (AvgIpc) is 3.00. The molecule has 0 aliphatic carbocycles. The smallest absolute Gasteiger partial charge is 0.290 e. The molecule has 0 saturated heterocycles. The Labute approximate surface area is 190 Å². The van der Waals surface area contributed by atoms with E-state index in [0.717, 1.165) is 5.56 Å². The second kappa shape index (κ2) is 8.65. The fourth-order valence-corrected chi connectivity index (χ4v) is 4.25. The summed E-state index contributed by atoms with van der Waals surface area (Å²) >= 11 is 12.4. The molecule has 1 aliphatic rings. The molecule has 1 atom stereocenters. The van der Waals surface area contributed by atoms with Crippen LogP contribution in [0.5, 0.6) is 0 Å². The third-order valence-corrected chi connectivity index (χ3v) is 6.11. The first-order valence-electron chi connectivity index (χ1n) is 10.2. The van der Waals surface area contributed by atoms with Crippen LogP contribution in [-0.4, -0.2) is 30.1 Å². The van der Waals surface area contributed by atoms with Gasteiger partial charge in [0, 0.05) is 13.2 Å². The van der Waals surface area contributed by atoms with Crippen LogP contribution in [0.2, 0.25) is 10.0 Å². The lowest BCUT2D eigenvalue weighted by molar-refractivity contribution is 0.0593. The minimum atomic E-state index is -0.600. The fraction of sp³-hybridized carbons (Fsp3) is 0.333. The molecule has 2 aromatic carbocycles. The summed E-state index contributed by atoms with van der Waals surface area (Å²) < 4.78 is 11.6. The highest BCUT2D eigenvalue weighted by atomic mass is 35.5. The van der Waals surface area contributed by atoms with Crippen LogP contribution < -0.4 is 5.43 Å². The van der Waals surface area contributed by atoms with Gasteiger partial charge in [-0.05, 0) is 57.0 Å². The number of amides is 1. The molecule has 1 aromatic heterocycles. The molecule has 0 N–H and O–H groups in total. The van der Waals surface area contributed by atoms with E-state index in [1.807, 2.05) is 26.8 Å². The first-order valence-corrected chi connectivity index (χ1v) is 11.0. The minimum absolute atomic E-state index is 0.0854. The van der Waals surface area contributed by atoms with E-state index < -0.39 is 6.04 Å². The van der Waals surface area contributed by atoms with Gasteiger partial charge in [0.2, 0.25) is 5.76 Å². The Balaban J connectivity index is 1.84. The Morgan fingerprint density at radius 3 is 2.58 bits per heavy atom. The van der Waals surface area contributed by atoms with Crippen molar-refractivity contribution in [1.82, 2.24) is 4.90 Å². The number of hydrogen-bond acceptors (Lipinski definition) is 4. The maximum atomic E-state index is 13.5. The van der Waals surface area contributed by atoms with Gasteiger partial charge in [-0.1, -0.05) is 40.9 Å². The predicted octanol–water partition coefficient (Wildman–Crippen LogP) is 5.77. The summed E-state index contributed by atoms with van der Waals surface area (Å²) in [5, 5.41) is 1.23. The number of ether oxygens (including phenoxy) is 1. The Morgan fingerprint density at radius 1 is 1.10 bits per heavy atom. The number of rotatable bonds is 6. The first kappa shape index (κ1) is 21.9. The maximum Gasteiger partial charge on any atom is 0.290 e. The number of aryl methyl sites for hydroxylation is 1. The van der Waals surface area contributed by atoms with Crippen molar-refractivity contribution in [3.05, 3.63) is 79.1 Å². The minimum Gasteiger partial charge on any atom is -0.450 e. The van der Waals surface area contributed by atoms with Crippen molar-refractivity contribution in [3.8, 4) is 0 Å². The van der Waals surface area contributed by atoms with Crippen molar-refractivity contribution in [1.29, 1.82) is 0 Å². The van der Waals surface area contributed by atoms with Gasteiger partial charge in [0.05, 0.1) is 33.1 Å². The lowest BCUT2D eigenvalue weighted by atomic mass is 9.98. The molecule has 0 bridgehead atoms. The lowest BCUT2D eigenvalue weighted by Crippen LogP contribution is -2.31. The Bertz CT molecular complexity index is 1220. The van der Waals surface area contributed by atoms with Crippen LogP contribution >= 0.6 is 23.2 Å². The number of nitrogens with zero attached hydrogens (tertiary/aromatic N) is 1. The maximum absolute atomic E-state index is 13.5. The van der Waals surface area contributed by atoms with Gasteiger partial charge < -0.3 is 14.1 Å². The number of benzene rings is 2. The molecular weight excluding hydrogens is 437 g/mol. The van der Waals surface area contributed by atoms with Crippen molar-refractivity contribution in [3.63, 3.8) is 0 Å². The molecule has 162 valence electrons. The van der Waals surface area contributed by atoms with Gasteiger partial charge in [-0.3, -0.25) is 9.59 Å². The van der Waals surface area contributed by atoms with Gasteiger partial charge in [-0.25, -0.2) is 0 Å². The van der Waals surface area contributed by atoms with E-state index in [9.17, 15) is 9.59 Å². The van der Waals surface area contributed by atoms with Crippen LogP contribution in [0.1, 0.15) is 53.6 Å². The predicted molar refractivity (Wildman–Crippen MR) is 122 cm³/mol. The normalized spacial score (nSPS) is 15.9. The first-order chi connectivity index (χ1) is 14.8. The molecule has 5 nitrogen and oxygen atoms in total. The number of hydrogen-bond donors (Lipinski definition) is 0. The molecule has 4 rings (SSSR count). The second-order valence-corrected chi connectivity index (χ2v) is 8.84. The molecule has 1 amide bonds. The van der Waals surface area contributed by atoms with Gasteiger partial charge in [0.1, 0.15) is 5.58 Å². The van der Waals surface area contributed by atoms with Crippen LogP contribution in [0.3, 0.4) is 0 Å². The van der Waals surface area contributed by atoms with Crippen molar-refractivity contribution in [2.24, 2.45) is 0 Å². The second-order valence-electron chi connectivity index (χ2n) is 8.02. The van der Waals surface area contributed by atoms with Gasteiger partial charge in [0.25, 0.3) is 5.91 Å². The van der Waals surface area contributed by atoms with Gasteiger partial charge >= 0.3 is 0 Å². The highest BCUT2D eigenvalue weighted by Gasteiger charge is 2.42. The van der Waals surface area contributed by atoms with Gasteiger partial charge in [-0.15, -0.1) is 0 Å². The van der Waals surface area contributed by atoms with Crippen LogP contribution in [-0.2, 0) is 4.74 Å². The third-order valence-electron chi connectivity index (χ3n) is 5.38. The largest absolute Gasteiger partial charge is 0.450 e. The van der Waals surface area contributed by atoms with E-state index in [1.165, 1.54) is 0 Å². The molecule has 0 radical (unpaired) electrons. The van der Waals surface area contributed by atoms with Crippen molar-refractivity contribution in [2.45, 2.75) is 39.3 Å². The molecule has 7 heteroatoms. The highest BCUT2D eigenvalue weighted by Crippen LogP contribution is 2.39. The van der Waals surface area contributed by atoms with E-state index in [1.54, 1.807) is 35.2 Å². The average molecular weight is 460 g/mol. The van der Waals surface area contributed by atoms with E-state index in [-0.39, 0.29) is 23.2 Å². The monoisotopic (exact) mass is 459 g/mol. The molecule has 0 fully saturated rings. The number of carbonyl (C=O) groups excluding carboxylic acids is 1. The van der Waals surface area contributed by atoms with E-state index in [2.05, 4.69) is 0 Å². The standard InChI is InChI=1S/C24H23Cl2NO4/c1-13(2)30-10-4-9-27-21(15-6-7-17(25)18(26)12-15)20-22(28)16-11-14(3)5-8-19(16)31-23(20)24(27)29/h5-8,11-13,21H,4,9-10H2,1-3H3/t21-/m1/s1. The Kier molecular flexibility index (Phi) is 6.11. The SMILES string of the molecule is Cc1ccc2oc3c(c(=O)c2c1)[C@@H](c1ccc(Cl)c(Cl)c1)N(CCCOC(C)C)C3=O. The summed E-state index contributed by atoms with van der Waals surface area (Å²) in [7, 11) is 0. The molecule has 1 aliphatic heterocycles. The molecule has 2 heterocycles. The molecule has 0 saturated carbocycles. The summed E-state index contributed by atoms with van der Waals surface area (Å²) in [5.41, 5.74) is 2.19. The fourth-order valence-electron chi connectivity index (χ4n) is 3.95. The number of carbonyl (C=O) groups is 1. The van der Waals surface area contributed by atoms with E-state index in [4.69, 9.17) is 32.4 Å². The van der Waals surface area contributed by atoms with E-state index in [0.29, 0.717) is 51.7 Å². The van der Waals surface area contributed by atoms with Crippen molar-refractivity contribution >= 4 is 40.1 Å².